The molecule has 2 heterocycles. The number of amides is 1. The zero-order valence-corrected chi connectivity index (χ0v) is 10.2. The van der Waals surface area contributed by atoms with Crippen molar-refractivity contribution in [2.45, 2.75) is 6.54 Å². The van der Waals surface area contributed by atoms with Crippen LogP contribution in [0.2, 0.25) is 5.15 Å². The minimum atomic E-state index is -0.255. The molecule has 2 aromatic heterocycles. The average molecular weight is 263 g/mol. The van der Waals surface area contributed by atoms with E-state index >= 15 is 0 Å². The first-order valence-corrected chi connectivity index (χ1v) is 5.63. The van der Waals surface area contributed by atoms with E-state index in [1.165, 1.54) is 12.1 Å². The van der Waals surface area contributed by atoms with Gasteiger partial charge >= 0.3 is 0 Å². The molecule has 0 saturated heterocycles. The molecular weight excluding hydrogens is 252 g/mol. The van der Waals surface area contributed by atoms with E-state index in [-0.39, 0.29) is 16.9 Å². The van der Waals surface area contributed by atoms with E-state index in [4.69, 9.17) is 17.3 Å². The normalized spacial score (nSPS) is 10.1. The number of pyridine rings is 2. The summed E-state index contributed by atoms with van der Waals surface area (Å²) in [5, 5.41) is 2.94. The molecule has 0 saturated carbocycles. The molecule has 2 aromatic rings. The van der Waals surface area contributed by atoms with Crippen LogP contribution >= 0.6 is 11.6 Å². The Kier molecular flexibility index (Phi) is 3.74. The lowest BCUT2D eigenvalue weighted by atomic mass is 10.2. The number of nitrogens with two attached hydrogens (primary N) is 1. The topological polar surface area (TPSA) is 80.9 Å². The standard InChI is InChI=1S/C12H11ClN4O/c13-10-4-9(5-11(14)17-10)12(18)16-7-8-2-1-3-15-6-8/h1-6H,7H2,(H2,14,17)(H,16,18). The maximum atomic E-state index is 11.8. The Bertz CT molecular complexity index is 539. The molecule has 5 nitrogen and oxygen atoms in total. The first-order valence-electron chi connectivity index (χ1n) is 5.25. The van der Waals surface area contributed by atoms with Crippen LogP contribution in [-0.4, -0.2) is 15.9 Å². The van der Waals surface area contributed by atoms with Crippen LogP contribution in [0.25, 0.3) is 0 Å². The van der Waals surface area contributed by atoms with E-state index in [0.717, 1.165) is 5.56 Å². The van der Waals surface area contributed by atoms with Gasteiger partial charge in [0.1, 0.15) is 11.0 Å². The Morgan fingerprint density at radius 2 is 2.28 bits per heavy atom. The molecular formula is C12H11ClN4O. The number of halogens is 1. The van der Waals surface area contributed by atoms with Crippen LogP contribution in [0, 0.1) is 0 Å². The van der Waals surface area contributed by atoms with Gasteiger partial charge in [0.05, 0.1) is 0 Å². The van der Waals surface area contributed by atoms with E-state index in [1.54, 1.807) is 12.4 Å². The number of nitrogen functional groups attached to an aromatic ring is 1. The van der Waals surface area contributed by atoms with Crippen molar-refractivity contribution in [2.75, 3.05) is 5.73 Å². The van der Waals surface area contributed by atoms with Crippen LogP contribution in [0.5, 0.6) is 0 Å². The number of nitrogens with one attached hydrogen (secondary N) is 1. The lowest BCUT2D eigenvalue weighted by Crippen LogP contribution is -2.23. The van der Waals surface area contributed by atoms with E-state index < -0.39 is 0 Å². The second-order valence-corrected chi connectivity index (χ2v) is 4.03. The highest BCUT2D eigenvalue weighted by atomic mass is 35.5. The second kappa shape index (κ2) is 5.46. The second-order valence-electron chi connectivity index (χ2n) is 3.65. The largest absolute Gasteiger partial charge is 0.384 e. The van der Waals surface area contributed by atoms with Crippen molar-refractivity contribution >= 4 is 23.3 Å². The van der Waals surface area contributed by atoms with Gasteiger partial charge in [-0.3, -0.25) is 9.78 Å². The van der Waals surface area contributed by atoms with E-state index in [0.29, 0.717) is 12.1 Å². The van der Waals surface area contributed by atoms with Gasteiger partial charge in [0.25, 0.3) is 5.91 Å². The predicted molar refractivity (Wildman–Crippen MR) is 69.1 cm³/mol. The molecule has 0 aliphatic heterocycles. The summed E-state index contributed by atoms with van der Waals surface area (Å²) in [6.07, 6.45) is 3.36. The Labute approximate surface area is 109 Å². The van der Waals surface area contributed by atoms with Gasteiger partial charge in [0, 0.05) is 24.5 Å². The Hall–Kier alpha value is -2.14. The SMILES string of the molecule is Nc1cc(C(=O)NCc2cccnc2)cc(Cl)n1. The van der Waals surface area contributed by atoms with Gasteiger partial charge in [-0.1, -0.05) is 17.7 Å². The first kappa shape index (κ1) is 12.3. The Morgan fingerprint density at radius 3 is 2.94 bits per heavy atom. The summed E-state index contributed by atoms with van der Waals surface area (Å²) in [6.45, 7) is 0.395. The van der Waals surface area contributed by atoms with Gasteiger partial charge in [-0.25, -0.2) is 4.98 Å². The molecule has 0 radical (unpaired) electrons. The molecule has 0 aliphatic carbocycles. The fraction of sp³-hybridized carbons (Fsp3) is 0.0833. The number of aromatic nitrogens is 2. The predicted octanol–water partition coefficient (Wildman–Crippen LogP) is 1.64. The minimum absolute atomic E-state index is 0.196. The van der Waals surface area contributed by atoms with Crippen LogP contribution in [0.15, 0.2) is 36.7 Å². The van der Waals surface area contributed by atoms with Gasteiger partial charge in [-0.15, -0.1) is 0 Å². The van der Waals surface area contributed by atoms with E-state index in [1.807, 2.05) is 12.1 Å². The molecule has 18 heavy (non-hydrogen) atoms. The molecule has 0 spiro atoms. The number of carbonyl (C=O) groups is 1. The summed E-state index contributed by atoms with van der Waals surface area (Å²) in [4.78, 5) is 19.6. The highest BCUT2D eigenvalue weighted by Gasteiger charge is 2.07. The zero-order valence-electron chi connectivity index (χ0n) is 9.43. The van der Waals surface area contributed by atoms with Gasteiger partial charge < -0.3 is 11.1 Å². The summed E-state index contributed by atoms with van der Waals surface area (Å²) in [7, 11) is 0. The molecule has 0 bridgehead atoms. The van der Waals surface area contributed by atoms with Gasteiger partial charge in [0.15, 0.2) is 0 Å². The molecule has 0 fully saturated rings. The van der Waals surface area contributed by atoms with E-state index in [9.17, 15) is 4.79 Å². The van der Waals surface area contributed by atoms with Crippen molar-refractivity contribution in [1.82, 2.24) is 15.3 Å². The summed E-state index contributed by atoms with van der Waals surface area (Å²) in [6, 6.07) is 6.63. The van der Waals surface area contributed by atoms with Crippen molar-refractivity contribution in [2.24, 2.45) is 0 Å². The fourth-order valence-electron chi connectivity index (χ4n) is 1.44. The highest BCUT2D eigenvalue weighted by molar-refractivity contribution is 6.29. The van der Waals surface area contributed by atoms with Crippen LogP contribution in [0.4, 0.5) is 5.82 Å². The molecule has 0 unspecified atom stereocenters. The summed E-state index contributed by atoms with van der Waals surface area (Å²) in [5.74, 6) is -0.0381. The Balaban J connectivity index is 2.04. The molecule has 92 valence electrons. The lowest BCUT2D eigenvalue weighted by Gasteiger charge is -2.05. The third-order valence-corrected chi connectivity index (χ3v) is 2.45. The van der Waals surface area contributed by atoms with E-state index in [2.05, 4.69) is 15.3 Å². The average Bonchev–Trinajstić information content (AvgIpc) is 2.36. The maximum Gasteiger partial charge on any atom is 0.251 e. The molecule has 2 rings (SSSR count). The molecule has 0 atom stereocenters. The third kappa shape index (κ3) is 3.18. The van der Waals surface area contributed by atoms with Gasteiger partial charge in [-0.05, 0) is 23.8 Å². The van der Waals surface area contributed by atoms with Crippen LogP contribution < -0.4 is 11.1 Å². The minimum Gasteiger partial charge on any atom is -0.384 e. The van der Waals surface area contributed by atoms with Crippen LogP contribution in [0.3, 0.4) is 0 Å². The fourth-order valence-corrected chi connectivity index (χ4v) is 1.65. The zero-order chi connectivity index (χ0) is 13.0. The number of nitrogens with zero attached hydrogens (tertiary/aromatic N) is 2. The summed E-state index contributed by atoms with van der Waals surface area (Å²) < 4.78 is 0. The van der Waals surface area contributed by atoms with Gasteiger partial charge in [0.2, 0.25) is 0 Å². The van der Waals surface area contributed by atoms with Crippen molar-refractivity contribution in [3.63, 3.8) is 0 Å². The number of carbonyl (C=O) groups excluding carboxylic acids is 1. The smallest absolute Gasteiger partial charge is 0.251 e. The summed E-state index contributed by atoms with van der Waals surface area (Å²) in [5.41, 5.74) is 6.82. The van der Waals surface area contributed by atoms with Gasteiger partial charge in [-0.2, -0.15) is 0 Å². The van der Waals surface area contributed by atoms with Crippen molar-refractivity contribution in [3.05, 3.63) is 52.9 Å². The number of anilines is 1. The molecule has 0 aromatic carbocycles. The van der Waals surface area contributed by atoms with Crippen molar-refractivity contribution in [1.29, 1.82) is 0 Å². The van der Waals surface area contributed by atoms with Crippen molar-refractivity contribution in [3.8, 4) is 0 Å². The number of hydrogen-bond acceptors (Lipinski definition) is 4. The molecule has 0 aliphatic rings. The van der Waals surface area contributed by atoms with Crippen LogP contribution in [-0.2, 0) is 6.54 Å². The third-order valence-electron chi connectivity index (χ3n) is 2.25. The maximum absolute atomic E-state index is 11.8. The Morgan fingerprint density at radius 1 is 1.44 bits per heavy atom. The number of rotatable bonds is 3. The lowest BCUT2D eigenvalue weighted by molar-refractivity contribution is 0.0951. The summed E-state index contributed by atoms with van der Waals surface area (Å²) >= 11 is 5.73. The molecule has 1 amide bonds. The highest BCUT2D eigenvalue weighted by Crippen LogP contribution is 2.12. The number of hydrogen-bond donors (Lipinski definition) is 2. The van der Waals surface area contributed by atoms with Crippen LogP contribution in [0.1, 0.15) is 15.9 Å². The molecule has 6 heteroatoms. The first-order chi connectivity index (χ1) is 8.65. The molecule has 3 N–H and O–H groups in total. The quantitative estimate of drug-likeness (QED) is 0.824. The van der Waals surface area contributed by atoms with Crippen molar-refractivity contribution < 1.29 is 4.79 Å². The monoisotopic (exact) mass is 262 g/mol.